The van der Waals surface area contributed by atoms with E-state index in [1.807, 2.05) is 83.8 Å². The Morgan fingerprint density at radius 3 is 1.15 bits per heavy atom. The maximum absolute atomic E-state index is 12.4. The highest BCUT2D eigenvalue weighted by Gasteiger charge is 2.35. The van der Waals surface area contributed by atoms with Crippen molar-refractivity contribution in [2.24, 2.45) is 5.92 Å². The monoisotopic (exact) mass is 1830 g/mol. The molecule has 0 unspecified atom stereocenters. The Morgan fingerprint density at radius 1 is 0.346 bits per heavy atom. The van der Waals surface area contributed by atoms with E-state index in [-0.39, 0.29) is 110 Å². The molecule has 6 aromatic carbocycles. The molecule has 7 aromatic rings. The Bertz CT molecular complexity index is 4990. The molecule has 17 rings (SSSR count). The summed E-state index contributed by atoms with van der Waals surface area (Å²) in [4.78, 5) is 167. The second-order valence-corrected chi connectivity index (χ2v) is 35.0. The van der Waals surface area contributed by atoms with Crippen LogP contribution >= 0.6 is 0 Å². The Hall–Kier alpha value is -12.5. The lowest BCUT2D eigenvalue weighted by Gasteiger charge is -2.26. The first kappa shape index (κ1) is 99.5. The van der Waals surface area contributed by atoms with Crippen molar-refractivity contribution in [2.75, 3.05) is 46.1 Å². The minimum atomic E-state index is -0.600. The number of piperidine rings is 1. The fraction of sp³-hybridized carbons (Fsp3) is 0.500. The van der Waals surface area contributed by atoms with E-state index in [2.05, 4.69) is 49.0 Å². The van der Waals surface area contributed by atoms with Gasteiger partial charge in [0.05, 0.1) is 62.2 Å². The Balaban J connectivity index is 0.000000144. The van der Waals surface area contributed by atoms with Gasteiger partial charge in [-0.15, -0.1) is 0 Å². The largest absolute Gasteiger partial charge is 0.449 e. The number of alkyl carbamates (subject to hydrolysis) is 6. The number of benzene rings is 6. The normalized spacial score (nSPS) is 20.0. The van der Waals surface area contributed by atoms with Gasteiger partial charge < -0.3 is 79.1 Å². The average molecular weight is 1830 g/mol. The molecule has 0 spiro atoms. The van der Waals surface area contributed by atoms with E-state index in [0.717, 1.165) is 116 Å². The number of ether oxygens (including phenoxy) is 8. The fourth-order valence-corrected chi connectivity index (χ4v) is 16.2. The minimum Gasteiger partial charge on any atom is -0.449 e. The van der Waals surface area contributed by atoms with Gasteiger partial charge in [-0.1, -0.05) is 179 Å². The van der Waals surface area contributed by atoms with Crippen molar-refractivity contribution >= 4 is 94.0 Å². The van der Waals surface area contributed by atoms with Crippen LogP contribution in [0.3, 0.4) is 0 Å². The first-order valence-electron chi connectivity index (χ1n) is 47.2. The van der Waals surface area contributed by atoms with Crippen molar-refractivity contribution < 1.29 is 109 Å². The maximum Gasteiger partial charge on any atom is 0.408 e. The van der Waals surface area contributed by atoms with E-state index in [1.165, 1.54) is 89.0 Å². The lowest BCUT2D eigenvalue weighted by molar-refractivity contribution is -0.127. The molecule has 31 heteroatoms. The van der Waals surface area contributed by atoms with Gasteiger partial charge in [0.1, 0.15) is 38.6 Å². The summed E-state index contributed by atoms with van der Waals surface area (Å²) in [5.74, 6) is 2.49. The third kappa shape index (κ3) is 32.7. The van der Waals surface area contributed by atoms with Gasteiger partial charge in [-0.3, -0.25) is 38.4 Å². The van der Waals surface area contributed by atoms with E-state index >= 15 is 0 Å². The number of amides is 7. The van der Waals surface area contributed by atoms with Crippen molar-refractivity contribution in [2.45, 2.75) is 274 Å². The molecular weight excluding hydrogens is 1710 g/mol. The number of Topliss-reactive ketones (excluding diaryl/α,β-unsaturated/α-hetero) is 6. The highest BCUT2D eigenvalue weighted by Crippen LogP contribution is 2.35. The molecule has 2 heterocycles. The molecule has 31 nitrogen and oxygen atoms in total. The van der Waals surface area contributed by atoms with Crippen LogP contribution in [-0.4, -0.2) is 181 Å². The van der Waals surface area contributed by atoms with Crippen molar-refractivity contribution in [1.29, 1.82) is 0 Å². The third-order valence-electron chi connectivity index (χ3n) is 25.3. The lowest BCUT2D eigenvalue weighted by atomic mass is 9.87. The number of nitrogens with zero attached hydrogens (tertiary/aromatic N) is 2. The summed E-state index contributed by atoms with van der Waals surface area (Å²) in [7, 11) is 0. The summed E-state index contributed by atoms with van der Waals surface area (Å²) in [6.45, 7) is 4.65. The maximum atomic E-state index is 12.4. The quantitative estimate of drug-likeness (QED) is 0.0138. The minimum absolute atomic E-state index is 0.0377. The lowest BCUT2D eigenvalue weighted by Crippen LogP contribution is -2.47. The van der Waals surface area contributed by atoms with Gasteiger partial charge in [-0.25, -0.2) is 33.8 Å². The summed E-state index contributed by atoms with van der Waals surface area (Å²) in [6, 6.07) is 44.3. The van der Waals surface area contributed by atoms with Crippen molar-refractivity contribution in [3.05, 3.63) is 196 Å². The molecule has 10 aliphatic rings. The number of para-hydroxylation sites is 2. The van der Waals surface area contributed by atoms with Crippen LogP contribution in [0.2, 0.25) is 0 Å². The topological polar surface area (TPSA) is 414 Å². The zero-order valence-electron chi connectivity index (χ0n) is 75.6. The number of likely N-dealkylation sites (tertiary alicyclic amines) is 1. The van der Waals surface area contributed by atoms with Gasteiger partial charge in [0.2, 0.25) is 5.89 Å². The summed E-state index contributed by atoms with van der Waals surface area (Å²) in [5, 5.41) is 15.3. The van der Waals surface area contributed by atoms with Gasteiger partial charge in [-0.2, -0.15) is 0 Å². The Morgan fingerprint density at radius 2 is 0.722 bits per heavy atom. The number of fused-ring (bicyclic) bond motifs is 1. The number of carbonyl (C=O) groups excluding carboxylic acids is 14. The standard InChI is InChI=1S/C19H16N2O4.C19H17NO4.C18H22N2O4.C17H21NO3.C15H25NO4.C14H23NO4/c22-16-10-9-14(16)21-19(23)24-11-12-5-7-13(8-6-12)18-20-15-3-1-2-4-17(15)25-18;21-17-11-10-16(17)20-19(23)24-12-13-6-8-15(9-7-13)18(22)14-4-2-1-3-5-14;21-16-9-8-15(16)19-18(23)24-12-13-4-6-14(7-5-13)17(22)20-10-2-1-3-11-20;19-16-10-9-15(16)18-17(20)21-11-12-5-7-14(8-6-12)13-3-1-2-4-13;17-14-7-6-13(14)16-15(18)20-11-10-19-9-8-12-4-2-1-3-5-12;16-13-8-7-12(13)15-14(17)19-10-4-9-18-11-5-2-1-3-6-11/h1-8,14H,9-11H2,(H,21,23);1-9,16H,10-12H2,(H,20,23);4-7,15H,1-3,8-12H2,(H,19,23);5-8,13,15H,1-4,9-11H2,(H,18,20);12-13H,1-11H2,(H,16,18);11-12H,1-10H2,(H,15,17)/t14-;16-;2*15-;13-;12-/m000000/s1. The number of hydrogen-bond donors (Lipinski definition) is 6. The second-order valence-electron chi connectivity index (χ2n) is 35.0. The molecule has 6 atom stereocenters. The molecule has 6 N–H and O–H groups in total. The summed E-state index contributed by atoms with van der Waals surface area (Å²) in [5.41, 5.74) is 9.06. The van der Waals surface area contributed by atoms with Gasteiger partial charge in [0.15, 0.2) is 46.1 Å². The SMILES string of the molecule is O=C(N[C@H]1CCC1=O)OCCCOC1CCCCC1.O=C(N[C@H]1CCC1=O)OCCOCCC1CCCCC1.O=C(N[C@H]1CCC1=O)OCc1ccc(-c2nc3ccccc3o2)cc1.O=C(N[C@H]1CCC1=O)OCc1ccc(C(=O)N2CCCCC2)cc1.O=C(N[C@H]1CCC1=O)OCc1ccc(C(=O)c2ccccc2)cc1.O=C(N[C@H]1CCC1=O)OCc1ccc(C2CCCC2)cc1. The molecule has 710 valence electrons. The van der Waals surface area contributed by atoms with E-state index in [4.69, 9.17) is 42.3 Å². The number of aromatic nitrogens is 1. The van der Waals surface area contributed by atoms with Crippen LogP contribution in [0.25, 0.3) is 22.6 Å². The van der Waals surface area contributed by atoms with Gasteiger partial charge >= 0.3 is 36.6 Å². The second kappa shape index (κ2) is 52.7. The Kier molecular flexibility index (Phi) is 39.4. The number of nitrogens with one attached hydrogen (secondary N) is 6. The average Bonchev–Trinajstić information content (AvgIpc) is 1.68. The number of carbonyl (C=O) groups is 14. The summed E-state index contributed by atoms with van der Waals surface area (Å²) < 4.78 is 47.4. The summed E-state index contributed by atoms with van der Waals surface area (Å²) in [6.07, 6.45) is 27.9. The summed E-state index contributed by atoms with van der Waals surface area (Å²) >= 11 is 0. The smallest absolute Gasteiger partial charge is 0.408 e. The molecule has 1 aromatic heterocycles. The zero-order valence-corrected chi connectivity index (χ0v) is 75.6. The Labute approximate surface area is 774 Å². The van der Waals surface area contributed by atoms with E-state index in [0.29, 0.717) is 119 Å². The number of oxazole rings is 1. The van der Waals surface area contributed by atoms with E-state index in [1.54, 1.807) is 60.7 Å². The van der Waals surface area contributed by atoms with Gasteiger partial charge in [-0.05, 0) is 166 Å². The molecule has 0 radical (unpaired) electrons. The van der Waals surface area contributed by atoms with Crippen LogP contribution in [0.4, 0.5) is 28.8 Å². The van der Waals surface area contributed by atoms with Crippen LogP contribution in [0.1, 0.15) is 259 Å². The molecule has 1 saturated heterocycles. The van der Waals surface area contributed by atoms with Crippen LogP contribution in [0, 0.1) is 5.92 Å². The molecule has 9 saturated carbocycles. The highest BCUT2D eigenvalue weighted by molar-refractivity contribution is 6.09. The zero-order chi connectivity index (χ0) is 93.5. The highest BCUT2D eigenvalue weighted by atomic mass is 16.6. The first-order chi connectivity index (χ1) is 64.7. The van der Waals surface area contributed by atoms with Crippen LogP contribution in [-0.2, 0) is 93.1 Å². The van der Waals surface area contributed by atoms with Gasteiger partial charge in [0, 0.05) is 86.9 Å². The van der Waals surface area contributed by atoms with Crippen LogP contribution in [0.5, 0.6) is 0 Å². The molecule has 7 amide bonds. The number of ketones is 7. The molecule has 9 aliphatic carbocycles. The number of hydrogen-bond acceptors (Lipinski definition) is 24. The fourth-order valence-electron chi connectivity index (χ4n) is 16.2. The van der Waals surface area contributed by atoms with Crippen LogP contribution < -0.4 is 31.9 Å². The first-order valence-corrected chi connectivity index (χ1v) is 47.2. The molecule has 133 heavy (non-hydrogen) atoms. The molecular formula is C102H124N8O23. The third-order valence-corrected chi connectivity index (χ3v) is 25.3. The predicted octanol–water partition coefficient (Wildman–Crippen LogP) is 16.5. The van der Waals surface area contributed by atoms with E-state index < -0.39 is 42.6 Å². The van der Waals surface area contributed by atoms with Gasteiger partial charge in [0.25, 0.3) is 5.91 Å². The molecule has 10 fully saturated rings. The predicted molar refractivity (Wildman–Crippen MR) is 489 cm³/mol. The van der Waals surface area contributed by atoms with E-state index in [9.17, 15) is 67.1 Å². The number of rotatable bonds is 30. The molecule has 1 aliphatic heterocycles. The van der Waals surface area contributed by atoms with Crippen molar-refractivity contribution in [3.63, 3.8) is 0 Å². The molecule has 0 bridgehead atoms. The van der Waals surface area contributed by atoms with Crippen molar-refractivity contribution in [3.8, 4) is 11.5 Å². The van der Waals surface area contributed by atoms with Crippen LogP contribution in [0.15, 0.2) is 156 Å². The van der Waals surface area contributed by atoms with Crippen molar-refractivity contribution in [1.82, 2.24) is 41.8 Å².